The number of rotatable bonds is 4. The van der Waals surface area contributed by atoms with Crippen LogP contribution in [0.2, 0.25) is 0 Å². The lowest BCUT2D eigenvalue weighted by molar-refractivity contribution is 0.473. The van der Waals surface area contributed by atoms with Crippen molar-refractivity contribution in [3.63, 3.8) is 0 Å². The summed E-state index contributed by atoms with van der Waals surface area (Å²) in [5.74, 6) is -1.57. The van der Waals surface area contributed by atoms with E-state index in [1.54, 1.807) is 19.2 Å². The molecule has 0 aliphatic rings. The Morgan fingerprint density at radius 1 is 1.10 bits per heavy atom. The number of nitrogens with one attached hydrogen (secondary N) is 1. The lowest BCUT2D eigenvalue weighted by atomic mass is 9.94. The average molecular weight is 275 g/mol. The van der Waals surface area contributed by atoms with E-state index in [4.69, 9.17) is 0 Å². The van der Waals surface area contributed by atoms with E-state index in [-0.39, 0.29) is 6.04 Å². The number of hydrogen-bond donors (Lipinski definition) is 1. The number of aryl methyl sites for hydroxylation is 2. The summed E-state index contributed by atoms with van der Waals surface area (Å²) in [4.78, 5) is 0. The lowest BCUT2D eigenvalue weighted by Crippen LogP contribution is -2.21. The Morgan fingerprint density at radius 3 is 2.55 bits per heavy atom. The van der Waals surface area contributed by atoms with E-state index in [1.807, 2.05) is 13.8 Å². The van der Waals surface area contributed by atoms with Gasteiger partial charge < -0.3 is 5.32 Å². The summed E-state index contributed by atoms with van der Waals surface area (Å²) in [6.07, 6.45) is 0.629. The van der Waals surface area contributed by atoms with Gasteiger partial charge in [0.05, 0.1) is 0 Å². The van der Waals surface area contributed by atoms with Crippen molar-refractivity contribution in [2.24, 2.45) is 0 Å². The molecule has 1 N–H and O–H groups in total. The van der Waals surface area contributed by atoms with Crippen LogP contribution < -0.4 is 5.32 Å². The van der Waals surface area contributed by atoms with Gasteiger partial charge >= 0.3 is 0 Å². The van der Waals surface area contributed by atoms with Crippen LogP contribution in [0.25, 0.3) is 0 Å². The van der Waals surface area contributed by atoms with Gasteiger partial charge in [0.15, 0.2) is 11.6 Å². The third kappa shape index (κ3) is 3.05. The molecule has 106 valence electrons. The standard InChI is InChI=1S/C17H19F2N/c1-11-7-8-12(2)13(9-11)10-16(20-3)14-5-4-6-15(18)17(14)19/h4-9,16,20H,10H2,1-3H3. The van der Waals surface area contributed by atoms with Crippen LogP contribution in [0, 0.1) is 25.5 Å². The van der Waals surface area contributed by atoms with Gasteiger partial charge in [-0.05, 0) is 44.5 Å². The first-order valence-corrected chi connectivity index (χ1v) is 6.70. The molecule has 0 aliphatic carbocycles. The van der Waals surface area contributed by atoms with E-state index in [0.717, 1.165) is 17.2 Å². The van der Waals surface area contributed by atoms with Crippen molar-refractivity contribution in [2.45, 2.75) is 26.3 Å². The summed E-state index contributed by atoms with van der Waals surface area (Å²) in [7, 11) is 1.76. The Bertz CT molecular complexity index is 608. The van der Waals surface area contributed by atoms with Gasteiger partial charge in [-0.2, -0.15) is 0 Å². The lowest BCUT2D eigenvalue weighted by Gasteiger charge is -2.19. The van der Waals surface area contributed by atoms with Crippen molar-refractivity contribution in [2.75, 3.05) is 7.05 Å². The van der Waals surface area contributed by atoms with Crippen molar-refractivity contribution < 1.29 is 8.78 Å². The first-order chi connectivity index (χ1) is 9.52. The normalized spacial score (nSPS) is 12.4. The molecule has 1 atom stereocenters. The topological polar surface area (TPSA) is 12.0 Å². The molecule has 0 saturated carbocycles. The second-order valence-electron chi connectivity index (χ2n) is 5.12. The fraction of sp³-hybridized carbons (Fsp3) is 0.294. The van der Waals surface area contributed by atoms with Crippen LogP contribution in [0.4, 0.5) is 8.78 Å². The van der Waals surface area contributed by atoms with Crippen LogP contribution in [-0.4, -0.2) is 7.05 Å². The molecule has 2 aromatic carbocycles. The van der Waals surface area contributed by atoms with Crippen LogP contribution in [0.15, 0.2) is 36.4 Å². The highest BCUT2D eigenvalue weighted by Crippen LogP contribution is 2.24. The van der Waals surface area contributed by atoms with Gasteiger partial charge in [-0.15, -0.1) is 0 Å². The SMILES string of the molecule is CNC(Cc1cc(C)ccc1C)c1cccc(F)c1F. The minimum Gasteiger partial charge on any atom is -0.313 e. The molecule has 20 heavy (non-hydrogen) atoms. The van der Waals surface area contributed by atoms with Crippen molar-refractivity contribution >= 4 is 0 Å². The van der Waals surface area contributed by atoms with Crippen LogP contribution in [0.5, 0.6) is 0 Å². The van der Waals surface area contributed by atoms with Gasteiger partial charge in [-0.1, -0.05) is 35.9 Å². The van der Waals surface area contributed by atoms with E-state index in [2.05, 4.69) is 23.5 Å². The molecule has 3 heteroatoms. The molecule has 1 unspecified atom stereocenters. The minimum absolute atomic E-state index is 0.244. The molecule has 0 radical (unpaired) electrons. The summed E-state index contributed by atoms with van der Waals surface area (Å²) in [5, 5.41) is 3.07. The highest BCUT2D eigenvalue weighted by atomic mass is 19.2. The van der Waals surface area contributed by atoms with Gasteiger partial charge in [0.1, 0.15) is 0 Å². The van der Waals surface area contributed by atoms with Crippen LogP contribution in [0.3, 0.4) is 0 Å². The molecule has 0 fully saturated rings. The van der Waals surface area contributed by atoms with E-state index in [9.17, 15) is 8.78 Å². The van der Waals surface area contributed by atoms with Crippen LogP contribution in [-0.2, 0) is 6.42 Å². The predicted octanol–water partition coefficient (Wildman–Crippen LogP) is 4.08. The summed E-state index contributed by atoms with van der Waals surface area (Å²) >= 11 is 0. The second-order valence-corrected chi connectivity index (χ2v) is 5.12. The fourth-order valence-corrected chi connectivity index (χ4v) is 2.40. The maximum atomic E-state index is 13.9. The smallest absolute Gasteiger partial charge is 0.163 e. The zero-order valence-corrected chi connectivity index (χ0v) is 12.0. The third-order valence-electron chi connectivity index (χ3n) is 3.63. The Balaban J connectivity index is 2.34. The monoisotopic (exact) mass is 275 g/mol. The molecular weight excluding hydrogens is 256 g/mol. The minimum atomic E-state index is -0.802. The Morgan fingerprint density at radius 2 is 1.85 bits per heavy atom. The van der Waals surface area contributed by atoms with Gasteiger partial charge in [-0.3, -0.25) is 0 Å². The van der Waals surface area contributed by atoms with Crippen molar-refractivity contribution in [1.82, 2.24) is 5.32 Å². The maximum Gasteiger partial charge on any atom is 0.163 e. The summed E-state index contributed by atoms with van der Waals surface area (Å²) < 4.78 is 27.3. The number of hydrogen-bond acceptors (Lipinski definition) is 1. The molecule has 1 nitrogen and oxygen atoms in total. The first kappa shape index (κ1) is 14.7. The summed E-state index contributed by atoms with van der Waals surface area (Å²) in [6.45, 7) is 4.06. The van der Waals surface area contributed by atoms with Crippen LogP contribution in [0.1, 0.15) is 28.3 Å². The second kappa shape index (κ2) is 6.14. The maximum absolute atomic E-state index is 13.9. The molecule has 0 amide bonds. The summed E-state index contributed by atoms with van der Waals surface area (Å²) in [6, 6.07) is 10.3. The molecule has 0 aliphatic heterocycles. The van der Waals surface area contributed by atoms with E-state index in [1.165, 1.54) is 5.56 Å². The zero-order valence-electron chi connectivity index (χ0n) is 12.0. The molecule has 0 saturated heterocycles. The van der Waals surface area contributed by atoms with Gasteiger partial charge in [0.2, 0.25) is 0 Å². The van der Waals surface area contributed by atoms with Gasteiger partial charge in [0.25, 0.3) is 0 Å². The Hall–Kier alpha value is -1.74. The molecular formula is C17H19F2N. The van der Waals surface area contributed by atoms with Gasteiger partial charge in [0, 0.05) is 11.6 Å². The van der Waals surface area contributed by atoms with E-state index < -0.39 is 11.6 Å². The quantitative estimate of drug-likeness (QED) is 0.886. The number of likely N-dealkylation sites (N-methyl/N-ethyl adjacent to an activating group) is 1. The highest BCUT2D eigenvalue weighted by molar-refractivity contribution is 5.33. The van der Waals surface area contributed by atoms with E-state index >= 15 is 0 Å². The van der Waals surface area contributed by atoms with Crippen LogP contribution >= 0.6 is 0 Å². The number of halogens is 2. The molecule has 0 aromatic heterocycles. The predicted molar refractivity (Wildman–Crippen MR) is 77.8 cm³/mol. The van der Waals surface area contributed by atoms with E-state index in [0.29, 0.717) is 12.0 Å². The fourth-order valence-electron chi connectivity index (χ4n) is 2.40. The average Bonchev–Trinajstić information content (AvgIpc) is 2.43. The molecule has 0 bridgehead atoms. The summed E-state index contributed by atoms with van der Waals surface area (Å²) in [5.41, 5.74) is 3.84. The Labute approximate surface area is 118 Å². The largest absolute Gasteiger partial charge is 0.313 e. The van der Waals surface area contributed by atoms with Gasteiger partial charge in [-0.25, -0.2) is 8.78 Å². The molecule has 2 rings (SSSR count). The zero-order chi connectivity index (χ0) is 14.7. The third-order valence-corrected chi connectivity index (χ3v) is 3.63. The van der Waals surface area contributed by atoms with Crippen molar-refractivity contribution in [3.8, 4) is 0 Å². The Kier molecular flexibility index (Phi) is 4.50. The van der Waals surface area contributed by atoms with Crippen molar-refractivity contribution in [1.29, 1.82) is 0 Å². The molecule has 0 spiro atoms. The number of benzene rings is 2. The molecule has 2 aromatic rings. The van der Waals surface area contributed by atoms with Crippen molar-refractivity contribution in [3.05, 3.63) is 70.3 Å². The first-order valence-electron chi connectivity index (χ1n) is 6.70. The highest BCUT2D eigenvalue weighted by Gasteiger charge is 2.17. The molecule has 0 heterocycles.